The van der Waals surface area contributed by atoms with Gasteiger partial charge in [-0.25, -0.2) is 0 Å². The van der Waals surface area contributed by atoms with E-state index in [1.54, 1.807) is 0 Å². The van der Waals surface area contributed by atoms with Gasteiger partial charge in [-0.2, -0.15) is 39.5 Å². The number of aryl methyl sites for hydroxylation is 1. The summed E-state index contributed by atoms with van der Waals surface area (Å²) in [5.74, 6) is -1.62. The van der Waals surface area contributed by atoms with Gasteiger partial charge < -0.3 is 9.64 Å². The van der Waals surface area contributed by atoms with Crippen LogP contribution in [-0.2, 0) is 18.5 Å². The Hall–Kier alpha value is -2.59. The summed E-state index contributed by atoms with van der Waals surface area (Å²) in [7, 11) is 0. The third kappa shape index (κ3) is 5.42. The number of anilines is 1. The summed E-state index contributed by atoms with van der Waals surface area (Å²) in [6.07, 6.45) is -17.2. The van der Waals surface area contributed by atoms with Crippen molar-refractivity contribution < 1.29 is 44.3 Å². The maximum Gasteiger partial charge on any atom is 0.419 e. The van der Waals surface area contributed by atoms with Crippen molar-refractivity contribution in [3.63, 3.8) is 0 Å². The molecular weight excluding hydrogens is 453 g/mol. The number of hydrogen-bond donors (Lipinski definition) is 0. The Labute approximate surface area is 177 Å². The first-order chi connectivity index (χ1) is 14.7. The lowest BCUT2D eigenvalue weighted by Crippen LogP contribution is -2.38. The van der Waals surface area contributed by atoms with E-state index < -0.39 is 47.1 Å². The molecule has 0 saturated carbocycles. The predicted molar refractivity (Wildman–Crippen MR) is 98.5 cm³/mol. The van der Waals surface area contributed by atoms with Gasteiger partial charge in [0.1, 0.15) is 11.9 Å². The van der Waals surface area contributed by atoms with Gasteiger partial charge in [0.05, 0.1) is 16.7 Å². The molecule has 0 spiro atoms. The standard InChI is InChI=1S/C21H18F9NO/c1-12-2-4-14(5-3-12)31-8-6-15(7-9-31)32-18-16(20(25,26)27)10-13(19(22,23)24)11-17(18)21(28,29)30/h2-5,10-11,15H,6-9H2,1H3. The Bertz CT molecular complexity index is 903. The molecule has 1 saturated heterocycles. The lowest BCUT2D eigenvalue weighted by atomic mass is 10.0. The van der Waals surface area contributed by atoms with E-state index in [1.165, 1.54) is 0 Å². The van der Waals surface area contributed by atoms with Gasteiger partial charge in [-0.1, -0.05) is 17.7 Å². The van der Waals surface area contributed by atoms with Crippen LogP contribution in [0.2, 0.25) is 0 Å². The molecule has 0 N–H and O–H groups in total. The zero-order valence-electron chi connectivity index (χ0n) is 16.6. The van der Waals surface area contributed by atoms with Crippen molar-refractivity contribution in [2.45, 2.75) is 44.4 Å². The highest BCUT2D eigenvalue weighted by Crippen LogP contribution is 2.48. The van der Waals surface area contributed by atoms with E-state index in [-0.39, 0.29) is 25.0 Å². The van der Waals surface area contributed by atoms with E-state index in [1.807, 2.05) is 36.1 Å². The van der Waals surface area contributed by atoms with Crippen molar-refractivity contribution in [1.82, 2.24) is 0 Å². The molecule has 2 nitrogen and oxygen atoms in total. The Morgan fingerprint density at radius 1 is 0.750 bits per heavy atom. The molecule has 11 heteroatoms. The normalized spacial score (nSPS) is 16.4. The molecule has 0 unspecified atom stereocenters. The predicted octanol–water partition coefficient (Wildman–Crippen LogP) is 7.10. The van der Waals surface area contributed by atoms with Crippen LogP contribution in [0.15, 0.2) is 36.4 Å². The van der Waals surface area contributed by atoms with Crippen LogP contribution in [0.25, 0.3) is 0 Å². The fourth-order valence-corrected chi connectivity index (χ4v) is 3.49. The maximum absolute atomic E-state index is 13.4. The van der Waals surface area contributed by atoms with E-state index in [9.17, 15) is 39.5 Å². The quantitative estimate of drug-likeness (QED) is 0.443. The molecular formula is C21H18F9NO. The molecule has 1 fully saturated rings. The Kier molecular flexibility index (Phi) is 6.32. The van der Waals surface area contributed by atoms with E-state index >= 15 is 0 Å². The molecule has 0 aromatic heterocycles. The molecule has 0 radical (unpaired) electrons. The summed E-state index contributed by atoms with van der Waals surface area (Å²) >= 11 is 0. The number of hydrogen-bond acceptors (Lipinski definition) is 2. The minimum atomic E-state index is -5.47. The molecule has 1 aliphatic heterocycles. The average molecular weight is 471 g/mol. The van der Waals surface area contributed by atoms with E-state index in [4.69, 9.17) is 4.74 Å². The number of piperidine rings is 1. The van der Waals surface area contributed by atoms with Crippen molar-refractivity contribution in [2.75, 3.05) is 18.0 Å². The highest BCUT2D eigenvalue weighted by Gasteiger charge is 2.46. The summed E-state index contributed by atoms with van der Waals surface area (Å²) in [6.45, 7) is 2.50. The summed E-state index contributed by atoms with van der Waals surface area (Å²) in [6, 6.07) is 6.74. The Morgan fingerprint density at radius 2 is 1.22 bits per heavy atom. The van der Waals surface area contributed by atoms with Gasteiger partial charge in [0, 0.05) is 31.6 Å². The molecule has 176 valence electrons. The summed E-state index contributed by atoms with van der Waals surface area (Å²) in [5, 5.41) is 0. The van der Waals surface area contributed by atoms with Crippen molar-refractivity contribution in [3.05, 3.63) is 58.7 Å². The molecule has 0 atom stereocenters. The smallest absolute Gasteiger partial charge is 0.419 e. The molecule has 0 bridgehead atoms. The van der Waals surface area contributed by atoms with Crippen molar-refractivity contribution in [1.29, 1.82) is 0 Å². The van der Waals surface area contributed by atoms with Gasteiger partial charge in [-0.05, 0) is 31.2 Å². The zero-order valence-corrected chi connectivity index (χ0v) is 16.6. The third-order valence-electron chi connectivity index (χ3n) is 5.15. The largest absolute Gasteiger partial charge is 0.489 e. The highest BCUT2D eigenvalue weighted by molar-refractivity contribution is 5.50. The van der Waals surface area contributed by atoms with Crippen LogP contribution in [0.4, 0.5) is 45.2 Å². The van der Waals surface area contributed by atoms with E-state index in [0.717, 1.165) is 11.3 Å². The number of nitrogens with zero attached hydrogens (tertiary/aromatic N) is 1. The number of rotatable bonds is 3. The second kappa shape index (κ2) is 8.40. The molecule has 0 amide bonds. The Balaban J connectivity index is 1.91. The van der Waals surface area contributed by atoms with Crippen LogP contribution < -0.4 is 9.64 Å². The number of alkyl halides is 9. The average Bonchev–Trinajstić information content (AvgIpc) is 2.67. The van der Waals surface area contributed by atoms with Crippen molar-refractivity contribution >= 4 is 5.69 Å². The van der Waals surface area contributed by atoms with Crippen LogP contribution in [0.5, 0.6) is 5.75 Å². The van der Waals surface area contributed by atoms with Crippen LogP contribution in [0.3, 0.4) is 0 Å². The summed E-state index contributed by atoms with van der Waals surface area (Å²) in [5.41, 5.74) is -4.37. The summed E-state index contributed by atoms with van der Waals surface area (Å²) < 4.78 is 125. The summed E-state index contributed by atoms with van der Waals surface area (Å²) in [4.78, 5) is 1.90. The van der Waals surface area contributed by atoms with Crippen LogP contribution in [-0.4, -0.2) is 19.2 Å². The van der Waals surface area contributed by atoms with Gasteiger partial charge >= 0.3 is 18.5 Å². The Morgan fingerprint density at radius 3 is 1.62 bits per heavy atom. The van der Waals surface area contributed by atoms with Crippen LogP contribution in [0, 0.1) is 6.92 Å². The topological polar surface area (TPSA) is 12.5 Å². The van der Waals surface area contributed by atoms with Crippen LogP contribution >= 0.6 is 0 Å². The third-order valence-corrected chi connectivity index (χ3v) is 5.15. The first-order valence-electron chi connectivity index (χ1n) is 9.54. The number of ether oxygens (including phenoxy) is 1. The van der Waals surface area contributed by atoms with Gasteiger partial charge in [0.25, 0.3) is 0 Å². The molecule has 2 aromatic carbocycles. The van der Waals surface area contributed by atoms with Gasteiger partial charge in [-0.15, -0.1) is 0 Å². The second-order valence-electron chi connectivity index (χ2n) is 7.53. The first-order valence-corrected chi connectivity index (χ1v) is 9.54. The van der Waals surface area contributed by atoms with Gasteiger partial charge in [0.2, 0.25) is 0 Å². The minimum Gasteiger partial charge on any atom is -0.489 e. The van der Waals surface area contributed by atoms with Crippen molar-refractivity contribution in [3.8, 4) is 5.75 Å². The lowest BCUT2D eigenvalue weighted by molar-refractivity contribution is -0.151. The van der Waals surface area contributed by atoms with Gasteiger partial charge in [0.15, 0.2) is 0 Å². The highest BCUT2D eigenvalue weighted by atomic mass is 19.4. The maximum atomic E-state index is 13.4. The number of benzene rings is 2. The molecule has 2 aromatic rings. The molecule has 32 heavy (non-hydrogen) atoms. The van der Waals surface area contributed by atoms with Gasteiger partial charge in [-0.3, -0.25) is 0 Å². The van der Waals surface area contributed by atoms with Crippen LogP contribution in [0.1, 0.15) is 35.1 Å². The lowest BCUT2D eigenvalue weighted by Gasteiger charge is -2.34. The molecule has 3 rings (SSSR count). The van der Waals surface area contributed by atoms with E-state index in [2.05, 4.69) is 0 Å². The second-order valence-corrected chi connectivity index (χ2v) is 7.53. The molecule has 0 aliphatic carbocycles. The SMILES string of the molecule is Cc1ccc(N2CCC(Oc3c(C(F)(F)F)cc(C(F)(F)F)cc3C(F)(F)F)CC2)cc1. The zero-order chi connectivity index (χ0) is 23.9. The monoisotopic (exact) mass is 471 g/mol. The van der Waals surface area contributed by atoms with Crippen molar-refractivity contribution in [2.24, 2.45) is 0 Å². The molecule has 1 aliphatic rings. The fourth-order valence-electron chi connectivity index (χ4n) is 3.49. The first kappa shape index (κ1) is 24.1. The minimum absolute atomic E-state index is 0.101. The molecule has 1 heterocycles. The number of halogens is 9. The fraction of sp³-hybridized carbons (Fsp3) is 0.429. The van der Waals surface area contributed by atoms with E-state index in [0.29, 0.717) is 13.1 Å².